The summed E-state index contributed by atoms with van der Waals surface area (Å²) in [5, 5.41) is 9.14. The van der Waals surface area contributed by atoms with Gasteiger partial charge in [-0.1, -0.05) is 19.9 Å². The van der Waals surface area contributed by atoms with E-state index in [1.54, 1.807) is 6.20 Å². The van der Waals surface area contributed by atoms with Crippen molar-refractivity contribution in [3.05, 3.63) is 23.9 Å². The van der Waals surface area contributed by atoms with Crippen LogP contribution >= 0.6 is 0 Å². The third-order valence-electron chi connectivity index (χ3n) is 2.52. The number of rotatable bonds is 4. The predicted octanol–water partition coefficient (Wildman–Crippen LogP) is 1.97. The molecule has 1 N–H and O–H groups in total. The maximum atomic E-state index is 11.1. The van der Waals surface area contributed by atoms with Gasteiger partial charge in [0.2, 0.25) is 0 Å². The molecule has 4 nitrogen and oxygen atoms in total. The zero-order chi connectivity index (χ0) is 12.3. The molecule has 0 saturated carbocycles. The second kappa shape index (κ2) is 4.96. The first-order valence-corrected chi connectivity index (χ1v) is 5.29. The van der Waals surface area contributed by atoms with Crippen molar-refractivity contribution in [1.29, 1.82) is 0 Å². The summed E-state index contributed by atoms with van der Waals surface area (Å²) in [4.78, 5) is 17.2. The van der Waals surface area contributed by atoms with Gasteiger partial charge in [0, 0.05) is 20.3 Å². The van der Waals surface area contributed by atoms with Crippen molar-refractivity contribution >= 4 is 11.8 Å². The molecule has 0 aromatic carbocycles. The van der Waals surface area contributed by atoms with Gasteiger partial charge in [-0.15, -0.1) is 0 Å². The number of hydrogen-bond donors (Lipinski definition) is 1. The average Bonchev–Trinajstić information content (AvgIpc) is 2.17. The molecule has 1 rings (SSSR count). The fourth-order valence-electron chi connectivity index (χ4n) is 1.66. The lowest BCUT2D eigenvalue weighted by Gasteiger charge is -2.17. The van der Waals surface area contributed by atoms with Crippen molar-refractivity contribution in [2.45, 2.75) is 19.8 Å². The van der Waals surface area contributed by atoms with E-state index in [1.165, 1.54) is 0 Å². The van der Waals surface area contributed by atoms with Crippen molar-refractivity contribution in [2.75, 3.05) is 19.0 Å². The van der Waals surface area contributed by atoms with Crippen LogP contribution < -0.4 is 4.90 Å². The van der Waals surface area contributed by atoms with Crippen molar-refractivity contribution in [1.82, 2.24) is 4.98 Å². The van der Waals surface area contributed by atoms with E-state index in [4.69, 9.17) is 5.11 Å². The van der Waals surface area contributed by atoms with E-state index < -0.39 is 11.9 Å². The Morgan fingerprint density at radius 1 is 1.38 bits per heavy atom. The summed E-state index contributed by atoms with van der Waals surface area (Å²) in [5.74, 6) is -0.390. The molecule has 0 bridgehead atoms. The van der Waals surface area contributed by atoms with Gasteiger partial charge in [-0.3, -0.25) is 4.79 Å². The Morgan fingerprint density at radius 3 is 2.31 bits per heavy atom. The SMILES string of the molecule is CC(C)C(C(=O)O)c1ccc(N(C)C)nc1. The zero-order valence-electron chi connectivity index (χ0n) is 10.1. The lowest BCUT2D eigenvalue weighted by molar-refractivity contribution is -0.139. The lowest BCUT2D eigenvalue weighted by atomic mass is 9.90. The monoisotopic (exact) mass is 222 g/mol. The molecule has 1 atom stereocenters. The maximum Gasteiger partial charge on any atom is 0.311 e. The second-order valence-corrected chi connectivity index (χ2v) is 4.40. The van der Waals surface area contributed by atoms with Gasteiger partial charge in [-0.25, -0.2) is 4.98 Å². The van der Waals surface area contributed by atoms with Gasteiger partial charge in [0.05, 0.1) is 5.92 Å². The van der Waals surface area contributed by atoms with Crippen LogP contribution in [0.4, 0.5) is 5.82 Å². The van der Waals surface area contributed by atoms with Crippen LogP contribution in [0.3, 0.4) is 0 Å². The first-order valence-electron chi connectivity index (χ1n) is 5.29. The van der Waals surface area contributed by atoms with Gasteiger partial charge in [0.25, 0.3) is 0 Å². The minimum Gasteiger partial charge on any atom is -0.481 e. The molecule has 0 fully saturated rings. The highest BCUT2D eigenvalue weighted by Crippen LogP contribution is 2.25. The molecule has 4 heteroatoms. The lowest BCUT2D eigenvalue weighted by Crippen LogP contribution is -2.18. The van der Waals surface area contributed by atoms with Gasteiger partial charge in [0.15, 0.2) is 0 Å². The van der Waals surface area contributed by atoms with E-state index in [0.29, 0.717) is 0 Å². The first-order chi connectivity index (χ1) is 7.43. The Labute approximate surface area is 95.9 Å². The number of nitrogens with zero attached hydrogens (tertiary/aromatic N) is 2. The Kier molecular flexibility index (Phi) is 3.88. The van der Waals surface area contributed by atoms with Gasteiger partial charge in [-0.05, 0) is 17.5 Å². The number of hydrogen-bond acceptors (Lipinski definition) is 3. The third kappa shape index (κ3) is 2.72. The highest BCUT2D eigenvalue weighted by atomic mass is 16.4. The Morgan fingerprint density at radius 2 is 2.00 bits per heavy atom. The van der Waals surface area contributed by atoms with Crippen molar-refractivity contribution in [2.24, 2.45) is 5.92 Å². The van der Waals surface area contributed by atoms with Crippen LogP contribution in [0.5, 0.6) is 0 Å². The Balaban J connectivity index is 2.99. The standard InChI is InChI=1S/C12H18N2O2/c1-8(2)11(12(15)16)9-5-6-10(13-7-9)14(3)4/h5-8,11H,1-4H3,(H,15,16). The number of carbonyl (C=O) groups is 1. The molecule has 1 unspecified atom stereocenters. The summed E-state index contributed by atoms with van der Waals surface area (Å²) in [6.45, 7) is 3.80. The largest absolute Gasteiger partial charge is 0.481 e. The molecule has 0 spiro atoms. The molecule has 0 aliphatic rings. The molecule has 1 heterocycles. The molecule has 1 aromatic rings. The van der Waals surface area contributed by atoms with Crippen molar-refractivity contribution < 1.29 is 9.90 Å². The predicted molar refractivity (Wildman–Crippen MR) is 63.8 cm³/mol. The van der Waals surface area contributed by atoms with Crippen molar-refractivity contribution in [3.63, 3.8) is 0 Å². The second-order valence-electron chi connectivity index (χ2n) is 4.40. The fourth-order valence-corrected chi connectivity index (χ4v) is 1.66. The third-order valence-corrected chi connectivity index (χ3v) is 2.52. The fraction of sp³-hybridized carbons (Fsp3) is 0.500. The van der Waals surface area contributed by atoms with E-state index in [2.05, 4.69) is 4.98 Å². The summed E-state index contributed by atoms with van der Waals surface area (Å²) in [5.41, 5.74) is 0.758. The molecule has 1 aromatic heterocycles. The van der Waals surface area contributed by atoms with Crippen molar-refractivity contribution in [3.8, 4) is 0 Å². The quantitative estimate of drug-likeness (QED) is 0.846. The van der Waals surface area contributed by atoms with E-state index in [-0.39, 0.29) is 5.92 Å². The summed E-state index contributed by atoms with van der Waals surface area (Å²) in [6.07, 6.45) is 1.65. The van der Waals surface area contributed by atoms with Crippen LogP contribution in [-0.2, 0) is 4.79 Å². The van der Waals surface area contributed by atoms with E-state index in [1.807, 2.05) is 45.0 Å². The van der Waals surface area contributed by atoms with Crippen LogP contribution in [-0.4, -0.2) is 30.2 Å². The van der Waals surface area contributed by atoms with E-state index in [0.717, 1.165) is 11.4 Å². The van der Waals surface area contributed by atoms with E-state index >= 15 is 0 Å². The molecule has 0 saturated heterocycles. The van der Waals surface area contributed by atoms with Crippen LogP contribution in [0, 0.1) is 5.92 Å². The highest BCUT2D eigenvalue weighted by Gasteiger charge is 2.23. The number of carboxylic acid groups (broad SMARTS) is 1. The molecule has 0 aliphatic heterocycles. The van der Waals surface area contributed by atoms with Gasteiger partial charge >= 0.3 is 5.97 Å². The number of pyridine rings is 1. The Hall–Kier alpha value is -1.58. The van der Waals surface area contributed by atoms with Crippen LogP contribution in [0.25, 0.3) is 0 Å². The summed E-state index contributed by atoms with van der Waals surface area (Å²) < 4.78 is 0. The van der Waals surface area contributed by atoms with Gasteiger partial charge in [-0.2, -0.15) is 0 Å². The minimum atomic E-state index is -0.797. The topological polar surface area (TPSA) is 53.4 Å². The summed E-state index contributed by atoms with van der Waals surface area (Å²) >= 11 is 0. The highest BCUT2D eigenvalue weighted by molar-refractivity contribution is 5.76. The van der Waals surface area contributed by atoms with Gasteiger partial charge < -0.3 is 10.0 Å². The normalized spacial score (nSPS) is 12.6. The number of carboxylic acids is 1. The number of aromatic nitrogens is 1. The molecule has 16 heavy (non-hydrogen) atoms. The summed E-state index contributed by atoms with van der Waals surface area (Å²) in [7, 11) is 3.80. The average molecular weight is 222 g/mol. The molecule has 0 aliphatic carbocycles. The maximum absolute atomic E-state index is 11.1. The van der Waals surface area contributed by atoms with Crippen LogP contribution in [0.1, 0.15) is 25.3 Å². The Bertz CT molecular complexity index is 358. The number of aliphatic carboxylic acids is 1. The molecule has 0 radical (unpaired) electrons. The molecular formula is C12H18N2O2. The smallest absolute Gasteiger partial charge is 0.311 e. The minimum absolute atomic E-state index is 0.0597. The number of anilines is 1. The van der Waals surface area contributed by atoms with Crippen LogP contribution in [0.15, 0.2) is 18.3 Å². The summed E-state index contributed by atoms with van der Waals surface area (Å²) in [6, 6.07) is 3.68. The first kappa shape index (κ1) is 12.5. The molecule has 0 amide bonds. The van der Waals surface area contributed by atoms with Gasteiger partial charge in [0.1, 0.15) is 5.82 Å². The zero-order valence-corrected chi connectivity index (χ0v) is 10.1. The van der Waals surface area contributed by atoms with E-state index in [9.17, 15) is 4.79 Å². The van der Waals surface area contributed by atoms with Crippen LogP contribution in [0.2, 0.25) is 0 Å². The molecular weight excluding hydrogens is 204 g/mol. The molecule has 88 valence electrons.